The van der Waals surface area contributed by atoms with E-state index in [1.54, 1.807) is 18.0 Å². The second-order valence-corrected chi connectivity index (χ2v) is 10.6. The lowest BCUT2D eigenvalue weighted by Gasteiger charge is -2.28. The number of fused-ring (bicyclic) bond motifs is 2. The van der Waals surface area contributed by atoms with Gasteiger partial charge in [0.1, 0.15) is 0 Å². The Bertz CT molecular complexity index is 1280. The van der Waals surface area contributed by atoms with Crippen molar-refractivity contribution in [2.24, 2.45) is 0 Å². The summed E-state index contributed by atoms with van der Waals surface area (Å²) in [7, 11) is 1.79. The monoisotopic (exact) mass is 546 g/mol. The van der Waals surface area contributed by atoms with Crippen molar-refractivity contribution in [3.63, 3.8) is 0 Å². The first-order chi connectivity index (χ1) is 19.0. The number of carbonyl (C=O) groups is 2. The minimum atomic E-state index is -0.415. The number of hydrazine groups is 1. The number of hydrogen-bond donors (Lipinski definition) is 3. The molecule has 0 unspecified atom stereocenters. The average Bonchev–Trinajstić information content (AvgIpc) is 3.12. The molecule has 5 rings (SSSR count). The summed E-state index contributed by atoms with van der Waals surface area (Å²) >= 11 is 6.43. The molecule has 0 atom stereocenters. The molecule has 2 aliphatic rings. The van der Waals surface area contributed by atoms with E-state index in [0.29, 0.717) is 12.1 Å². The third kappa shape index (κ3) is 6.52. The lowest BCUT2D eigenvalue weighted by molar-refractivity contribution is 0.0772. The van der Waals surface area contributed by atoms with Gasteiger partial charge in [0.15, 0.2) is 5.82 Å². The highest BCUT2D eigenvalue weighted by molar-refractivity contribution is 6.33. The molecule has 39 heavy (non-hydrogen) atoms. The van der Waals surface area contributed by atoms with Gasteiger partial charge in [-0.2, -0.15) is 0 Å². The Kier molecular flexibility index (Phi) is 8.64. The number of halogens is 1. The quantitative estimate of drug-likeness (QED) is 0.370. The van der Waals surface area contributed by atoms with Crippen molar-refractivity contribution in [2.75, 3.05) is 38.7 Å². The number of likely N-dealkylation sites (tertiary alicyclic amines) is 1. The van der Waals surface area contributed by atoms with Crippen LogP contribution in [0.15, 0.2) is 60.8 Å². The van der Waals surface area contributed by atoms with Gasteiger partial charge in [-0.25, -0.2) is 9.78 Å². The first kappa shape index (κ1) is 27.0. The zero-order chi connectivity index (χ0) is 27.2. The van der Waals surface area contributed by atoms with Crippen LogP contribution in [0.5, 0.6) is 0 Å². The van der Waals surface area contributed by atoms with Crippen molar-refractivity contribution in [3.8, 4) is 0 Å². The Morgan fingerprint density at radius 1 is 1.00 bits per heavy atom. The fourth-order valence-corrected chi connectivity index (χ4v) is 5.62. The summed E-state index contributed by atoms with van der Waals surface area (Å²) in [6.45, 7) is 3.69. The van der Waals surface area contributed by atoms with Gasteiger partial charge in [-0.15, -0.1) is 0 Å². The van der Waals surface area contributed by atoms with Crippen LogP contribution in [0.4, 0.5) is 10.6 Å². The maximum atomic E-state index is 13.0. The number of piperidine rings is 1. The van der Waals surface area contributed by atoms with Gasteiger partial charge in [-0.3, -0.25) is 15.6 Å². The number of carbonyl (C=O) groups excluding carboxylic acids is 2. The van der Waals surface area contributed by atoms with Crippen molar-refractivity contribution in [2.45, 2.75) is 38.1 Å². The molecule has 0 bridgehead atoms. The lowest BCUT2D eigenvalue weighted by atomic mass is 9.95. The van der Waals surface area contributed by atoms with E-state index in [4.69, 9.17) is 11.6 Å². The molecule has 1 aromatic heterocycles. The van der Waals surface area contributed by atoms with Gasteiger partial charge in [0, 0.05) is 26.3 Å². The molecule has 8 nitrogen and oxygen atoms in total. The number of nitrogens with zero attached hydrogens (tertiary/aromatic N) is 3. The van der Waals surface area contributed by atoms with Crippen LogP contribution in [0.2, 0.25) is 5.02 Å². The van der Waals surface area contributed by atoms with Crippen molar-refractivity contribution < 1.29 is 9.59 Å². The van der Waals surface area contributed by atoms with E-state index in [2.05, 4.69) is 50.3 Å². The van der Waals surface area contributed by atoms with Gasteiger partial charge in [0.25, 0.3) is 5.91 Å². The third-order valence-corrected chi connectivity index (χ3v) is 7.89. The molecule has 1 aliphatic carbocycles. The Balaban J connectivity index is 1.20. The normalized spacial score (nSPS) is 15.4. The van der Waals surface area contributed by atoms with Crippen molar-refractivity contribution in [1.82, 2.24) is 25.5 Å². The molecule has 3 amide bonds. The van der Waals surface area contributed by atoms with Crippen LogP contribution < -0.4 is 16.2 Å². The Morgan fingerprint density at radius 3 is 2.28 bits per heavy atom. The summed E-state index contributed by atoms with van der Waals surface area (Å²) in [6.07, 6.45) is 7.05. The predicted octanol–water partition coefficient (Wildman–Crippen LogP) is 4.81. The maximum Gasteiger partial charge on any atom is 0.334 e. The van der Waals surface area contributed by atoms with Gasteiger partial charge in [-0.05, 0) is 67.1 Å². The number of amides is 3. The first-order valence-corrected chi connectivity index (χ1v) is 14.0. The number of anilines is 1. The zero-order valence-corrected chi connectivity index (χ0v) is 23.0. The molecule has 0 saturated carbocycles. The summed E-state index contributed by atoms with van der Waals surface area (Å²) in [5, 5.41) is 3.34. The van der Waals surface area contributed by atoms with Crippen LogP contribution in [0.1, 0.15) is 57.9 Å². The summed E-state index contributed by atoms with van der Waals surface area (Å²) in [6, 6.07) is 17.3. The molecule has 1 saturated heterocycles. The molecule has 9 heteroatoms. The van der Waals surface area contributed by atoms with Gasteiger partial charge < -0.3 is 15.1 Å². The standard InChI is InChI=1S/C30H35ClN6O2/c1-36(17-18-37-15-7-2-8-16-37)29(38)23-19-26(31)28(32-20-23)34-35-30(39)33-27-24-11-5-3-9-21(24)13-14-22-10-4-6-12-25(22)27/h3-6,9-12,19-20,27H,2,7-8,13-18H2,1H3,(H,32,34)(H2,33,35,39). The lowest BCUT2D eigenvalue weighted by Crippen LogP contribution is -2.41. The molecule has 2 aromatic carbocycles. The first-order valence-electron chi connectivity index (χ1n) is 13.6. The number of nitrogens with one attached hydrogen (secondary N) is 3. The number of aryl methyl sites for hydroxylation is 2. The molecular weight excluding hydrogens is 512 g/mol. The van der Waals surface area contributed by atoms with Crippen molar-refractivity contribution in [1.29, 1.82) is 0 Å². The molecule has 204 valence electrons. The number of aromatic nitrogens is 1. The van der Waals surface area contributed by atoms with Crippen LogP contribution in [0.3, 0.4) is 0 Å². The fourth-order valence-electron chi connectivity index (χ4n) is 5.41. The maximum absolute atomic E-state index is 13.0. The second kappa shape index (κ2) is 12.5. The van der Waals surface area contributed by atoms with Crippen LogP contribution in [-0.4, -0.2) is 59.9 Å². The number of hydrogen-bond acceptors (Lipinski definition) is 5. The molecule has 2 heterocycles. The van der Waals surface area contributed by atoms with Gasteiger partial charge in [0.05, 0.1) is 16.6 Å². The number of pyridine rings is 1. The Morgan fingerprint density at radius 2 is 1.64 bits per heavy atom. The van der Waals surface area contributed by atoms with E-state index in [9.17, 15) is 9.59 Å². The van der Waals surface area contributed by atoms with E-state index in [0.717, 1.165) is 43.6 Å². The van der Waals surface area contributed by atoms with Gasteiger partial charge in [-0.1, -0.05) is 66.6 Å². The van der Waals surface area contributed by atoms with E-state index < -0.39 is 6.03 Å². The number of rotatable bonds is 7. The second-order valence-electron chi connectivity index (χ2n) is 10.2. The number of likely N-dealkylation sites (N-methyl/N-ethyl adjacent to an activating group) is 1. The Labute approximate surface area is 234 Å². The molecular formula is C30H35ClN6O2. The van der Waals surface area contributed by atoms with E-state index in [-0.39, 0.29) is 22.8 Å². The zero-order valence-electron chi connectivity index (χ0n) is 22.3. The summed E-state index contributed by atoms with van der Waals surface area (Å²) in [5.41, 5.74) is 10.5. The van der Waals surface area contributed by atoms with E-state index >= 15 is 0 Å². The topological polar surface area (TPSA) is 89.6 Å². The summed E-state index contributed by atoms with van der Waals surface area (Å²) < 4.78 is 0. The van der Waals surface area contributed by atoms with Gasteiger partial charge in [0.2, 0.25) is 0 Å². The molecule has 0 radical (unpaired) electrons. The van der Waals surface area contributed by atoms with Crippen LogP contribution >= 0.6 is 11.6 Å². The molecule has 1 fully saturated rings. The van der Waals surface area contributed by atoms with Gasteiger partial charge >= 0.3 is 6.03 Å². The van der Waals surface area contributed by atoms with Crippen LogP contribution in [0.25, 0.3) is 0 Å². The molecule has 1 aliphatic heterocycles. The van der Waals surface area contributed by atoms with E-state index in [1.165, 1.54) is 36.6 Å². The fraction of sp³-hybridized carbons (Fsp3) is 0.367. The van der Waals surface area contributed by atoms with E-state index in [1.807, 2.05) is 24.3 Å². The van der Waals surface area contributed by atoms with Crippen molar-refractivity contribution >= 4 is 29.4 Å². The average molecular weight is 547 g/mol. The predicted molar refractivity (Wildman–Crippen MR) is 154 cm³/mol. The molecule has 3 N–H and O–H groups in total. The third-order valence-electron chi connectivity index (χ3n) is 7.60. The molecule has 3 aromatic rings. The minimum Gasteiger partial charge on any atom is -0.340 e. The van der Waals surface area contributed by atoms with Crippen LogP contribution in [-0.2, 0) is 12.8 Å². The highest BCUT2D eigenvalue weighted by Gasteiger charge is 2.25. The highest BCUT2D eigenvalue weighted by atomic mass is 35.5. The summed E-state index contributed by atoms with van der Waals surface area (Å²) in [5.74, 6) is 0.130. The Hall–Kier alpha value is -3.62. The smallest absolute Gasteiger partial charge is 0.334 e. The SMILES string of the molecule is CN(CCN1CCCCC1)C(=O)c1cnc(NNC(=O)NC2c3ccccc3CCc3ccccc32)c(Cl)c1. The molecule has 0 spiro atoms. The van der Waals surface area contributed by atoms with Crippen molar-refractivity contribution in [3.05, 3.63) is 93.6 Å². The number of benzene rings is 2. The minimum absolute atomic E-state index is 0.135. The summed E-state index contributed by atoms with van der Waals surface area (Å²) in [4.78, 5) is 34.3. The highest BCUT2D eigenvalue weighted by Crippen LogP contribution is 2.32. The largest absolute Gasteiger partial charge is 0.340 e. The van der Waals surface area contributed by atoms with Crippen LogP contribution in [0, 0.1) is 0 Å². The number of urea groups is 1.